The number of aromatic nitrogens is 1. The fourth-order valence-corrected chi connectivity index (χ4v) is 2.87. The molecule has 0 bridgehead atoms. The molecule has 0 aliphatic carbocycles. The summed E-state index contributed by atoms with van der Waals surface area (Å²) in [6, 6.07) is 9.71. The van der Waals surface area contributed by atoms with Crippen LogP contribution in [0, 0.1) is 5.82 Å². The van der Waals surface area contributed by atoms with Crippen LogP contribution in [0.1, 0.15) is 31.5 Å². The number of carbonyl (C=O) groups excluding carboxylic acids is 1. The van der Waals surface area contributed by atoms with E-state index in [-0.39, 0.29) is 17.9 Å². The molecule has 1 aliphatic heterocycles. The first-order valence-corrected chi connectivity index (χ1v) is 8.16. The van der Waals surface area contributed by atoms with E-state index in [4.69, 9.17) is 0 Å². The number of hydrogen-bond donors (Lipinski definition) is 2. The Morgan fingerprint density at radius 3 is 2.71 bits per heavy atom. The van der Waals surface area contributed by atoms with Gasteiger partial charge in [0.25, 0.3) is 0 Å². The summed E-state index contributed by atoms with van der Waals surface area (Å²) in [4.78, 5) is 18.3. The van der Waals surface area contributed by atoms with Crippen molar-refractivity contribution in [1.82, 2.24) is 10.3 Å². The van der Waals surface area contributed by atoms with Gasteiger partial charge in [-0.1, -0.05) is 6.07 Å². The van der Waals surface area contributed by atoms with Crippen LogP contribution in [0.5, 0.6) is 0 Å². The van der Waals surface area contributed by atoms with Gasteiger partial charge >= 0.3 is 6.03 Å². The van der Waals surface area contributed by atoms with Crippen molar-refractivity contribution in [2.24, 2.45) is 0 Å². The van der Waals surface area contributed by atoms with Crippen LogP contribution >= 0.6 is 0 Å². The molecule has 6 heteroatoms. The normalized spacial score (nSPS) is 15.2. The molecular weight excluding hydrogens is 307 g/mol. The summed E-state index contributed by atoms with van der Waals surface area (Å²) in [5, 5.41) is 5.45. The lowest BCUT2D eigenvalue weighted by Crippen LogP contribution is -2.31. The summed E-state index contributed by atoms with van der Waals surface area (Å²) < 4.78 is 14.3. The highest BCUT2D eigenvalue weighted by atomic mass is 19.1. The van der Waals surface area contributed by atoms with E-state index in [1.165, 1.54) is 6.07 Å². The number of nitrogens with one attached hydrogen (secondary N) is 2. The largest absolute Gasteiger partial charge is 0.369 e. The molecule has 0 radical (unpaired) electrons. The van der Waals surface area contributed by atoms with E-state index in [0.29, 0.717) is 11.4 Å². The van der Waals surface area contributed by atoms with E-state index in [0.717, 1.165) is 31.6 Å². The SMILES string of the molecule is C[C@H](NC(=O)Nc1ccc(N2CCCC2)c(F)c1)c1ccccn1. The Morgan fingerprint density at radius 1 is 1.25 bits per heavy atom. The molecule has 0 unspecified atom stereocenters. The van der Waals surface area contributed by atoms with E-state index in [2.05, 4.69) is 15.6 Å². The van der Waals surface area contributed by atoms with Crippen molar-refractivity contribution < 1.29 is 9.18 Å². The average Bonchev–Trinajstić information content (AvgIpc) is 3.10. The van der Waals surface area contributed by atoms with Crippen molar-refractivity contribution in [3.8, 4) is 0 Å². The van der Waals surface area contributed by atoms with Crippen molar-refractivity contribution in [3.63, 3.8) is 0 Å². The summed E-state index contributed by atoms with van der Waals surface area (Å²) in [6.07, 6.45) is 3.86. The quantitative estimate of drug-likeness (QED) is 0.900. The highest BCUT2D eigenvalue weighted by molar-refractivity contribution is 5.89. The maximum Gasteiger partial charge on any atom is 0.319 e. The maximum atomic E-state index is 14.3. The third kappa shape index (κ3) is 3.82. The average molecular weight is 328 g/mol. The van der Waals surface area contributed by atoms with E-state index in [1.54, 1.807) is 18.3 Å². The zero-order chi connectivity index (χ0) is 16.9. The minimum atomic E-state index is -0.388. The number of rotatable bonds is 4. The lowest BCUT2D eigenvalue weighted by atomic mass is 10.2. The van der Waals surface area contributed by atoms with Crippen molar-refractivity contribution >= 4 is 17.4 Å². The summed E-state index contributed by atoms with van der Waals surface area (Å²) in [7, 11) is 0. The van der Waals surface area contributed by atoms with Gasteiger partial charge in [-0.2, -0.15) is 0 Å². The number of pyridine rings is 1. The predicted octanol–water partition coefficient (Wildman–Crippen LogP) is 3.70. The lowest BCUT2D eigenvalue weighted by Gasteiger charge is -2.19. The number of benzene rings is 1. The first kappa shape index (κ1) is 16.2. The molecule has 1 aromatic carbocycles. The van der Waals surface area contributed by atoms with Crippen LogP contribution in [0.2, 0.25) is 0 Å². The smallest absolute Gasteiger partial charge is 0.319 e. The monoisotopic (exact) mass is 328 g/mol. The highest BCUT2D eigenvalue weighted by Gasteiger charge is 2.17. The zero-order valence-electron chi connectivity index (χ0n) is 13.6. The number of carbonyl (C=O) groups is 1. The molecular formula is C18H21FN4O. The molecule has 2 aromatic rings. The second-order valence-corrected chi connectivity index (χ2v) is 5.94. The van der Waals surface area contributed by atoms with Gasteiger partial charge < -0.3 is 15.5 Å². The Bertz CT molecular complexity index is 701. The van der Waals surface area contributed by atoms with E-state index in [9.17, 15) is 9.18 Å². The maximum absolute atomic E-state index is 14.3. The lowest BCUT2D eigenvalue weighted by molar-refractivity contribution is 0.249. The molecule has 2 N–H and O–H groups in total. The Morgan fingerprint density at radius 2 is 2.04 bits per heavy atom. The topological polar surface area (TPSA) is 57.3 Å². The molecule has 1 aliphatic rings. The van der Waals surface area contributed by atoms with Gasteiger partial charge in [-0.05, 0) is 50.1 Å². The van der Waals surface area contributed by atoms with E-state index in [1.807, 2.05) is 30.0 Å². The van der Waals surface area contributed by atoms with Crippen LogP contribution < -0.4 is 15.5 Å². The van der Waals surface area contributed by atoms with Crippen LogP contribution in [0.25, 0.3) is 0 Å². The Balaban J connectivity index is 1.61. The second-order valence-electron chi connectivity index (χ2n) is 5.94. The second kappa shape index (κ2) is 7.29. The van der Waals surface area contributed by atoms with Gasteiger partial charge in [-0.15, -0.1) is 0 Å². The van der Waals surface area contributed by atoms with Gasteiger partial charge in [0.05, 0.1) is 17.4 Å². The number of anilines is 2. The summed E-state index contributed by atoms with van der Waals surface area (Å²) in [5.74, 6) is -0.313. The van der Waals surface area contributed by atoms with Gasteiger partial charge in [0.15, 0.2) is 0 Å². The molecule has 2 heterocycles. The molecule has 0 saturated carbocycles. The first-order chi connectivity index (χ1) is 11.6. The molecule has 0 spiro atoms. The van der Waals surface area contributed by atoms with Crippen molar-refractivity contribution in [2.75, 3.05) is 23.3 Å². The highest BCUT2D eigenvalue weighted by Crippen LogP contribution is 2.26. The molecule has 5 nitrogen and oxygen atoms in total. The molecule has 3 rings (SSSR count). The predicted molar refractivity (Wildman–Crippen MR) is 92.7 cm³/mol. The third-order valence-electron chi connectivity index (χ3n) is 4.13. The van der Waals surface area contributed by atoms with Crippen LogP contribution in [-0.4, -0.2) is 24.1 Å². The van der Waals surface area contributed by atoms with Gasteiger partial charge in [0.1, 0.15) is 5.82 Å². The van der Waals surface area contributed by atoms with Crippen LogP contribution in [0.3, 0.4) is 0 Å². The molecule has 24 heavy (non-hydrogen) atoms. The van der Waals surface area contributed by atoms with Gasteiger partial charge in [0.2, 0.25) is 0 Å². The molecule has 1 saturated heterocycles. The zero-order valence-corrected chi connectivity index (χ0v) is 13.6. The van der Waals surface area contributed by atoms with Gasteiger partial charge in [-0.25, -0.2) is 9.18 Å². The summed E-state index contributed by atoms with van der Waals surface area (Å²) in [5.41, 5.74) is 1.80. The van der Waals surface area contributed by atoms with E-state index < -0.39 is 0 Å². The van der Waals surface area contributed by atoms with Crippen LogP contribution in [0.15, 0.2) is 42.6 Å². The van der Waals surface area contributed by atoms with Crippen molar-refractivity contribution in [3.05, 3.63) is 54.1 Å². The summed E-state index contributed by atoms with van der Waals surface area (Å²) >= 11 is 0. The summed E-state index contributed by atoms with van der Waals surface area (Å²) in [6.45, 7) is 3.61. The number of urea groups is 1. The number of hydrogen-bond acceptors (Lipinski definition) is 3. The first-order valence-electron chi connectivity index (χ1n) is 8.16. The number of nitrogens with zero attached hydrogens (tertiary/aromatic N) is 2. The van der Waals surface area contributed by atoms with E-state index >= 15 is 0 Å². The number of amides is 2. The van der Waals surface area contributed by atoms with Crippen molar-refractivity contribution in [2.45, 2.75) is 25.8 Å². The minimum Gasteiger partial charge on any atom is -0.369 e. The molecule has 1 aromatic heterocycles. The number of halogens is 1. The van der Waals surface area contributed by atoms with Gasteiger partial charge in [-0.3, -0.25) is 4.98 Å². The standard InChI is InChI=1S/C18H21FN4O/c1-13(16-6-2-3-9-20-16)21-18(24)22-14-7-8-17(15(19)12-14)23-10-4-5-11-23/h2-3,6-9,12-13H,4-5,10-11H2,1H3,(H2,21,22,24)/t13-/m0/s1. The fourth-order valence-electron chi connectivity index (χ4n) is 2.87. The molecule has 2 amide bonds. The van der Waals surface area contributed by atoms with Crippen LogP contribution in [-0.2, 0) is 0 Å². The van der Waals surface area contributed by atoms with Gasteiger partial charge in [0, 0.05) is 25.0 Å². The molecule has 1 fully saturated rings. The third-order valence-corrected chi connectivity index (χ3v) is 4.13. The molecule has 1 atom stereocenters. The Kier molecular flexibility index (Phi) is 4.93. The fraction of sp³-hybridized carbons (Fsp3) is 0.333. The Labute approximate surface area is 140 Å². The minimum absolute atomic E-state index is 0.236. The van der Waals surface area contributed by atoms with Crippen LogP contribution in [0.4, 0.5) is 20.6 Å². The Hall–Kier alpha value is -2.63. The van der Waals surface area contributed by atoms with Crippen molar-refractivity contribution in [1.29, 1.82) is 0 Å². The molecule has 126 valence electrons.